The molecule has 2 aliphatic rings. The molecule has 1 nitrogen and oxygen atoms in total. The second-order valence-electron chi connectivity index (χ2n) is 6.05. The quantitative estimate of drug-likeness (QED) is 0.686. The SMILES string of the molecule is CC(C)(C(=O)C1CCCCC1)C1CCC1. The van der Waals surface area contributed by atoms with Crippen LogP contribution in [0.25, 0.3) is 0 Å². The van der Waals surface area contributed by atoms with Gasteiger partial charge in [0, 0.05) is 11.3 Å². The maximum atomic E-state index is 12.5. The van der Waals surface area contributed by atoms with Gasteiger partial charge in [0.15, 0.2) is 0 Å². The Labute approximate surface area is 93.6 Å². The highest BCUT2D eigenvalue weighted by molar-refractivity contribution is 5.86. The topological polar surface area (TPSA) is 17.1 Å². The summed E-state index contributed by atoms with van der Waals surface area (Å²) in [7, 11) is 0. The fourth-order valence-corrected chi connectivity index (χ4v) is 3.22. The molecular weight excluding hydrogens is 184 g/mol. The van der Waals surface area contributed by atoms with E-state index in [1.54, 1.807) is 0 Å². The van der Waals surface area contributed by atoms with Gasteiger partial charge in [0.05, 0.1) is 0 Å². The van der Waals surface area contributed by atoms with Crippen LogP contribution in [-0.4, -0.2) is 5.78 Å². The molecule has 0 N–H and O–H groups in total. The maximum absolute atomic E-state index is 12.5. The molecule has 0 aromatic rings. The summed E-state index contributed by atoms with van der Waals surface area (Å²) >= 11 is 0. The average Bonchev–Trinajstić information content (AvgIpc) is 2.14. The zero-order chi connectivity index (χ0) is 10.9. The van der Waals surface area contributed by atoms with E-state index in [0.29, 0.717) is 17.6 Å². The third-order valence-corrected chi connectivity index (χ3v) is 4.74. The van der Waals surface area contributed by atoms with Crippen molar-refractivity contribution in [2.24, 2.45) is 17.3 Å². The largest absolute Gasteiger partial charge is 0.299 e. The van der Waals surface area contributed by atoms with Gasteiger partial charge in [0.1, 0.15) is 5.78 Å². The van der Waals surface area contributed by atoms with Gasteiger partial charge in [0.2, 0.25) is 0 Å². The monoisotopic (exact) mass is 208 g/mol. The molecule has 0 radical (unpaired) electrons. The third-order valence-electron chi connectivity index (χ3n) is 4.74. The fourth-order valence-electron chi connectivity index (χ4n) is 3.22. The number of carbonyl (C=O) groups is 1. The zero-order valence-corrected chi connectivity index (χ0v) is 10.2. The first kappa shape index (κ1) is 11.2. The van der Waals surface area contributed by atoms with Crippen molar-refractivity contribution in [1.82, 2.24) is 0 Å². The number of hydrogen-bond acceptors (Lipinski definition) is 1. The van der Waals surface area contributed by atoms with Crippen LogP contribution < -0.4 is 0 Å². The lowest BCUT2D eigenvalue weighted by molar-refractivity contribution is -0.137. The van der Waals surface area contributed by atoms with E-state index in [9.17, 15) is 4.79 Å². The standard InChI is InChI=1S/C14H24O/c1-14(2,12-9-6-10-12)13(15)11-7-4-3-5-8-11/h11-12H,3-10H2,1-2H3. The van der Waals surface area contributed by atoms with E-state index < -0.39 is 0 Å². The molecule has 2 fully saturated rings. The van der Waals surface area contributed by atoms with Crippen molar-refractivity contribution in [2.45, 2.75) is 65.2 Å². The van der Waals surface area contributed by atoms with Crippen molar-refractivity contribution in [3.63, 3.8) is 0 Å². The summed E-state index contributed by atoms with van der Waals surface area (Å²) in [5, 5.41) is 0. The third kappa shape index (κ3) is 2.11. The van der Waals surface area contributed by atoms with Gasteiger partial charge in [0.25, 0.3) is 0 Å². The van der Waals surface area contributed by atoms with E-state index in [4.69, 9.17) is 0 Å². The molecule has 2 rings (SSSR count). The van der Waals surface area contributed by atoms with E-state index in [1.807, 2.05) is 0 Å². The number of hydrogen-bond donors (Lipinski definition) is 0. The van der Waals surface area contributed by atoms with Gasteiger partial charge >= 0.3 is 0 Å². The Morgan fingerprint density at radius 1 is 0.933 bits per heavy atom. The molecule has 0 aliphatic heterocycles. The Kier molecular flexibility index (Phi) is 3.18. The lowest BCUT2D eigenvalue weighted by Crippen LogP contribution is -2.41. The molecule has 2 aliphatic carbocycles. The summed E-state index contributed by atoms with van der Waals surface area (Å²) in [6, 6.07) is 0. The Bertz CT molecular complexity index is 232. The van der Waals surface area contributed by atoms with Crippen LogP contribution in [0.15, 0.2) is 0 Å². The molecular formula is C14H24O. The van der Waals surface area contributed by atoms with E-state index in [2.05, 4.69) is 13.8 Å². The van der Waals surface area contributed by atoms with Crippen molar-refractivity contribution in [2.75, 3.05) is 0 Å². The summed E-state index contributed by atoms with van der Waals surface area (Å²) in [4.78, 5) is 12.5. The molecule has 0 heterocycles. The van der Waals surface area contributed by atoms with Crippen molar-refractivity contribution >= 4 is 5.78 Å². The molecule has 0 bridgehead atoms. The van der Waals surface area contributed by atoms with E-state index in [-0.39, 0.29) is 5.41 Å². The lowest BCUT2D eigenvalue weighted by atomic mass is 9.62. The Hall–Kier alpha value is -0.330. The van der Waals surface area contributed by atoms with Crippen LogP contribution in [0.2, 0.25) is 0 Å². The highest BCUT2D eigenvalue weighted by Gasteiger charge is 2.42. The van der Waals surface area contributed by atoms with E-state index >= 15 is 0 Å². The summed E-state index contributed by atoms with van der Waals surface area (Å²) in [5.41, 5.74) is -0.0275. The van der Waals surface area contributed by atoms with Gasteiger partial charge < -0.3 is 0 Å². The van der Waals surface area contributed by atoms with Crippen molar-refractivity contribution in [3.05, 3.63) is 0 Å². The highest BCUT2D eigenvalue weighted by atomic mass is 16.1. The smallest absolute Gasteiger partial charge is 0.141 e. The van der Waals surface area contributed by atoms with Gasteiger partial charge in [-0.05, 0) is 31.6 Å². The van der Waals surface area contributed by atoms with E-state index in [0.717, 1.165) is 12.8 Å². The van der Waals surface area contributed by atoms with Gasteiger partial charge in [-0.2, -0.15) is 0 Å². The van der Waals surface area contributed by atoms with Crippen LogP contribution >= 0.6 is 0 Å². The molecule has 0 aromatic carbocycles. The van der Waals surface area contributed by atoms with Crippen LogP contribution in [0.3, 0.4) is 0 Å². The molecule has 0 amide bonds. The lowest BCUT2D eigenvalue weighted by Gasteiger charge is -2.41. The Morgan fingerprint density at radius 2 is 1.53 bits per heavy atom. The summed E-state index contributed by atoms with van der Waals surface area (Å²) in [5.74, 6) is 1.66. The normalized spacial score (nSPS) is 24.9. The van der Waals surface area contributed by atoms with Crippen LogP contribution in [0.5, 0.6) is 0 Å². The van der Waals surface area contributed by atoms with Crippen molar-refractivity contribution < 1.29 is 4.79 Å². The summed E-state index contributed by atoms with van der Waals surface area (Å²) < 4.78 is 0. The molecule has 1 heteroatoms. The minimum atomic E-state index is -0.0275. The Balaban J connectivity index is 1.98. The van der Waals surface area contributed by atoms with Crippen LogP contribution in [0.4, 0.5) is 0 Å². The maximum Gasteiger partial charge on any atom is 0.141 e. The highest BCUT2D eigenvalue weighted by Crippen LogP contribution is 2.45. The summed E-state index contributed by atoms with van der Waals surface area (Å²) in [6.45, 7) is 4.38. The molecule has 2 saturated carbocycles. The molecule has 15 heavy (non-hydrogen) atoms. The van der Waals surface area contributed by atoms with Gasteiger partial charge in [-0.15, -0.1) is 0 Å². The first-order valence-corrected chi connectivity index (χ1v) is 6.66. The minimum absolute atomic E-state index is 0.0275. The second-order valence-corrected chi connectivity index (χ2v) is 6.05. The summed E-state index contributed by atoms with van der Waals surface area (Å²) in [6.07, 6.45) is 10.1. The number of rotatable bonds is 3. The average molecular weight is 208 g/mol. The molecule has 0 saturated heterocycles. The van der Waals surface area contributed by atoms with Gasteiger partial charge in [-0.1, -0.05) is 39.5 Å². The zero-order valence-electron chi connectivity index (χ0n) is 10.2. The second kappa shape index (κ2) is 4.27. The predicted molar refractivity (Wildman–Crippen MR) is 62.7 cm³/mol. The van der Waals surface area contributed by atoms with Crippen molar-refractivity contribution in [1.29, 1.82) is 0 Å². The van der Waals surface area contributed by atoms with Crippen LogP contribution in [-0.2, 0) is 4.79 Å². The van der Waals surface area contributed by atoms with Crippen molar-refractivity contribution in [3.8, 4) is 0 Å². The van der Waals surface area contributed by atoms with E-state index in [1.165, 1.54) is 38.5 Å². The molecule has 86 valence electrons. The van der Waals surface area contributed by atoms with Gasteiger partial charge in [-0.25, -0.2) is 0 Å². The number of carbonyl (C=O) groups excluding carboxylic acids is 1. The van der Waals surface area contributed by atoms with Crippen LogP contribution in [0.1, 0.15) is 65.2 Å². The first-order chi connectivity index (χ1) is 7.12. The predicted octanol–water partition coefficient (Wildman–Crippen LogP) is 3.96. The Morgan fingerprint density at radius 3 is 2.00 bits per heavy atom. The fraction of sp³-hybridized carbons (Fsp3) is 0.929. The molecule has 0 atom stereocenters. The van der Waals surface area contributed by atoms with Gasteiger partial charge in [-0.3, -0.25) is 4.79 Å². The molecule has 0 spiro atoms. The number of ketones is 1. The molecule has 0 unspecified atom stereocenters. The minimum Gasteiger partial charge on any atom is -0.299 e. The number of Topliss-reactive ketones (excluding diaryl/α,β-unsaturated/α-hetero) is 1. The van der Waals surface area contributed by atoms with Crippen LogP contribution in [0, 0.1) is 17.3 Å². The first-order valence-electron chi connectivity index (χ1n) is 6.66. The molecule has 0 aromatic heterocycles.